The molecule has 0 heterocycles. The summed E-state index contributed by atoms with van der Waals surface area (Å²) in [6.07, 6.45) is 3.72. The molecule has 0 bridgehead atoms. The normalized spacial score (nSPS) is 12.5. The van der Waals surface area contributed by atoms with Gasteiger partial charge in [-0.25, -0.2) is 17.6 Å². The highest BCUT2D eigenvalue weighted by Gasteiger charge is 2.17. The van der Waals surface area contributed by atoms with Gasteiger partial charge >= 0.3 is 0 Å². The Bertz CT molecular complexity index is 2270. The molecule has 0 aliphatic rings. The Morgan fingerprint density at radius 3 is 1.10 bits per heavy atom. The van der Waals surface area contributed by atoms with Crippen molar-refractivity contribution >= 4 is 43.1 Å². The van der Waals surface area contributed by atoms with Crippen molar-refractivity contribution in [2.24, 2.45) is 9.98 Å². The lowest BCUT2D eigenvalue weighted by Gasteiger charge is -2.03. The highest BCUT2D eigenvalue weighted by atomic mass is 19.1. The summed E-state index contributed by atoms with van der Waals surface area (Å²) >= 11 is 0. The number of hydrogen-bond acceptors (Lipinski definition) is 4. The number of nitrogens with zero attached hydrogens (tertiary/aromatic N) is 4. The van der Waals surface area contributed by atoms with E-state index in [1.165, 1.54) is 24.3 Å². The van der Waals surface area contributed by atoms with Gasteiger partial charge in [0.1, 0.15) is 23.3 Å². The van der Waals surface area contributed by atoms with E-state index < -0.39 is 23.3 Å². The molecule has 4 nitrogen and oxygen atoms in total. The predicted molar refractivity (Wildman–Crippen MR) is 152 cm³/mol. The third kappa shape index (κ3) is 3.89. The van der Waals surface area contributed by atoms with E-state index in [0.29, 0.717) is 54.5 Å². The van der Waals surface area contributed by atoms with Crippen LogP contribution in [0, 0.1) is 46.2 Å². The topological polar surface area (TPSA) is 72.3 Å². The van der Waals surface area contributed by atoms with Gasteiger partial charge in [0.25, 0.3) is 0 Å². The van der Waals surface area contributed by atoms with Gasteiger partial charge in [0.15, 0.2) is 0 Å². The van der Waals surface area contributed by atoms with Crippen LogP contribution in [-0.2, 0) is 0 Å². The summed E-state index contributed by atoms with van der Waals surface area (Å²) in [7, 11) is 0. The van der Waals surface area contributed by atoms with E-state index in [9.17, 15) is 28.1 Å². The fourth-order valence-corrected chi connectivity index (χ4v) is 5.82. The molecule has 0 aliphatic heterocycles. The van der Waals surface area contributed by atoms with Crippen molar-refractivity contribution in [1.29, 1.82) is 10.5 Å². The van der Waals surface area contributed by atoms with Gasteiger partial charge in [-0.15, -0.1) is 0 Å². The van der Waals surface area contributed by atoms with Crippen molar-refractivity contribution in [2.75, 3.05) is 0 Å². The van der Waals surface area contributed by atoms with E-state index in [2.05, 4.69) is 9.98 Å². The summed E-state index contributed by atoms with van der Waals surface area (Å²) < 4.78 is 55.8. The third-order valence-electron chi connectivity index (χ3n) is 7.51. The summed E-state index contributed by atoms with van der Waals surface area (Å²) in [5.74, 6) is -2.82. The summed E-state index contributed by atoms with van der Waals surface area (Å²) in [4.78, 5) is 8.21. The molecule has 7 rings (SSSR count). The summed E-state index contributed by atoms with van der Waals surface area (Å²) in [6.45, 7) is 0. The zero-order chi connectivity index (χ0) is 29.1. The highest BCUT2D eigenvalue weighted by Crippen LogP contribution is 2.35. The van der Waals surface area contributed by atoms with Crippen molar-refractivity contribution in [3.05, 3.63) is 119 Å². The minimum absolute atomic E-state index is 0.344. The van der Waals surface area contributed by atoms with Gasteiger partial charge in [-0.05, 0) is 92.3 Å². The Balaban J connectivity index is 1.54. The Labute approximate surface area is 234 Å². The fourth-order valence-electron chi connectivity index (χ4n) is 5.82. The Morgan fingerprint density at radius 1 is 0.381 bits per heavy atom. The maximum absolute atomic E-state index is 13.9. The van der Waals surface area contributed by atoms with Crippen LogP contribution >= 0.6 is 0 Å². The van der Waals surface area contributed by atoms with E-state index in [4.69, 9.17) is 0 Å². The first kappa shape index (κ1) is 25.1. The van der Waals surface area contributed by atoms with Gasteiger partial charge < -0.3 is 0 Å². The molecule has 0 fully saturated rings. The smallest absolute Gasteiger partial charge is 0.206 e. The van der Waals surface area contributed by atoms with E-state index in [0.717, 1.165) is 33.7 Å². The molecule has 7 aromatic carbocycles. The first-order chi connectivity index (χ1) is 20.3. The number of rotatable bonds is 2. The average Bonchev–Trinajstić information content (AvgIpc) is 3.42. The summed E-state index contributed by atoms with van der Waals surface area (Å²) in [5, 5.41) is 25.5. The second kappa shape index (κ2) is 9.36. The van der Waals surface area contributed by atoms with Crippen molar-refractivity contribution in [3.8, 4) is 34.6 Å². The lowest BCUT2D eigenvalue weighted by molar-refractivity contribution is 0.583. The predicted octanol–water partition coefficient (Wildman–Crippen LogP) is 7.83. The quantitative estimate of drug-likeness (QED) is 0.161. The summed E-state index contributed by atoms with van der Waals surface area (Å²) in [5.41, 5.74) is 1.79. The fraction of sp³-hybridized carbons (Fsp3) is 0. The molecule has 0 unspecified atom stereocenters. The average molecular weight is 555 g/mol. The van der Waals surface area contributed by atoms with Crippen LogP contribution in [0.3, 0.4) is 0 Å². The van der Waals surface area contributed by atoms with E-state index in [1.54, 1.807) is 36.4 Å². The number of halogens is 4. The molecule has 0 saturated heterocycles. The SMILES string of the molecule is N#CN=c1c2cc(-c3cc(F)cc(F)c3)ccc2c2cc3c(=NC#N)c4cc(-c5cc(F)cc(F)c5)ccc4c3cc12. The van der Waals surface area contributed by atoms with Gasteiger partial charge in [-0.1, -0.05) is 24.3 Å². The zero-order valence-electron chi connectivity index (χ0n) is 21.4. The van der Waals surface area contributed by atoms with Gasteiger partial charge in [0, 0.05) is 33.7 Å². The Morgan fingerprint density at radius 2 is 0.738 bits per heavy atom. The first-order valence-electron chi connectivity index (χ1n) is 12.7. The molecule has 0 N–H and O–H groups in total. The van der Waals surface area contributed by atoms with E-state index in [1.807, 2.05) is 24.5 Å². The zero-order valence-corrected chi connectivity index (χ0v) is 21.4. The van der Waals surface area contributed by atoms with Crippen molar-refractivity contribution in [1.82, 2.24) is 0 Å². The largest absolute Gasteiger partial charge is 0.207 e. The van der Waals surface area contributed by atoms with Gasteiger partial charge in [-0.2, -0.15) is 20.5 Å². The number of hydrogen-bond donors (Lipinski definition) is 0. The molecular weight excluding hydrogens is 540 g/mol. The minimum Gasteiger partial charge on any atom is -0.207 e. The molecule has 42 heavy (non-hydrogen) atoms. The molecule has 0 radical (unpaired) electrons. The molecule has 0 spiro atoms. The summed E-state index contributed by atoms with van der Waals surface area (Å²) in [6, 6.07) is 20.9. The molecular formula is C34H14F4N4. The maximum atomic E-state index is 13.9. The molecule has 198 valence electrons. The minimum atomic E-state index is -0.704. The Kier molecular flexibility index (Phi) is 5.60. The second-order valence-corrected chi connectivity index (χ2v) is 9.90. The first-order valence-corrected chi connectivity index (χ1v) is 12.7. The molecule has 8 heteroatoms. The van der Waals surface area contributed by atoms with Crippen LogP contribution in [-0.4, -0.2) is 0 Å². The lowest BCUT2D eigenvalue weighted by Crippen LogP contribution is -1.99. The van der Waals surface area contributed by atoms with Gasteiger partial charge in [0.2, 0.25) is 12.4 Å². The molecule has 0 atom stereocenters. The van der Waals surface area contributed by atoms with Crippen LogP contribution in [0.15, 0.2) is 94.9 Å². The Hall–Kier alpha value is -5.86. The van der Waals surface area contributed by atoms with Crippen LogP contribution in [0.25, 0.3) is 65.3 Å². The molecule has 0 amide bonds. The second-order valence-electron chi connectivity index (χ2n) is 9.90. The molecule has 0 aliphatic carbocycles. The van der Waals surface area contributed by atoms with Gasteiger partial charge in [0.05, 0.1) is 10.7 Å². The van der Waals surface area contributed by atoms with Crippen LogP contribution in [0.1, 0.15) is 0 Å². The van der Waals surface area contributed by atoms with Crippen LogP contribution in [0.2, 0.25) is 0 Å². The van der Waals surface area contributed by atoms with Crippen LogP contribution in [0.4, 0.5) is 17.6 Å². The highest BCUT2D eigenvalue weighted by molar-refractivity contribution is 6.21. The van der Waals surface area contributed by atoms with Crippen molar-refractivity contribution in [2.45, 2.75) is 0 Å². The van der Waals surface area contributed by atoms with Crippen LogP contribution < -0.4 is 10.7 Å². The monoisotopic (exact) mass is 554 g/mol. The van der Waals surface area contributed by atoms with Crippen molar-refractivity contribution < 1.29 is 17.6 Å². The molecule has 0 saturated carbocycles. The molecule has 7 aromatic rings. The van der Waals surface area contributed by atoms with Gasteiger partial charge in [-0.3, -0.25) is 0 Å². The lowest BCUT2D eigenvalue weighted by atomic mass is 10.0. The third-order valence-corrected chi connectivity index (χ3v) is 7.51. The van der Waals surface area contributed by atoms with Crippen molar-refractivity contribution in [3.63, 3.8) is 0 Å². The van der Waals surface area contributed by atoms with E-state index in [-0.39, 0.29) is 0 Å². The molecule has 0 aromatic heterocycles. The van der Waals surface area contributed by atoms with E-state index >= 15 is 0 Å². The number of benzene rings is 5. The maximum Gasteiger partial charge on any atom is 0.206 e. The van der Waals surface area contributed by atoms with Crippen LogP contribution in [0.5, 0.6) is 0 Å². The standard InChI is InChI=1S/C34H14F4N4/c35-21-5-19(6-22(36)11-21)17-1-3-25-27-13-32-28(14-31(27)33(41-15-39)29(25)9-17)26-4-2-18(10-30(26)34(32)42-16-40)20-7-23(37)12-24(38)8-20/h1-14H. The number of nitriles is 2. The number of fused-ring (bicyclic) bond motifs is 6.